The van der Waals surface area contributed by atoms with Crippen LogP contribution in [-0.2, 0) is 14.3 Å². The summed E-state index contributed by atoms with van der Waals surface area (Å²) in [4.78, 5) is 26.4. The number of hydrogen-bond acceptors (Lipinski definition) is 5. The molecule has 0 unspecified atom stereocenters. The first-order valence-electron chi connectivity index (χ1n) is 8.83. The lowest BCUT2D eigenvalue weighted by Gasteiger charge is -2.20. The Morgan fingerprint density at radius 1 is 1.37 bits per heavy atom. The average molecular weight is 394 g/mol. The summed E-state index contributed by atoms with van der Waals surface area (Å²) in [5, 5.41) is 3.27. The Labute approximate surface area is 164 Å². The molecule has 2 rings (SSSR count). The lowest BCUT2D eigenvalue weighted by molar-refractivity contribution is -0.126. The number of anilines is 1. The summed E-state index contributed by atoms with van der Waals surface area (Å²) in [6.45, 7) is 5.06. The topological polar surface area (TPSA) is 91.9 Å². The zero-order valence-electron chi connectivity index (χ0n) is 15.8. The maximum atomic E-state index is 12.4. The first kappa shape index (κ1) is 20.9. The Kier molecular flexibility index (Phi) is 7.81. The van der Waals surface area contributed by atoms with Gasteiger partial charge in [0.15, 0.2) is 5.11 Å². The smallest absolute Gasteiger partial charge is 0.243 e. The van der Waals surface area contributed by atoms with Crippen LogP contribution in [-0.4, -0.2) is 49.8 Å². The predicted molar refractivity (Wildman–Crippen MR) is 106 cm³/mol. The molecule has 0 saturated carbocycles. The van der Waals surface area contributed by atoms with Crippen LogP contribution in [0.3, 0.4) is 0 Å². The van der Waals surface area contributed by atoms with Gasteiger partial charge in [-0.05, 0) is 38.2 Å². The van der Waals surface area contributed by atoms with Gasteiger partial charge in [0.25, 0.3) is 0 Å². The molecular formula is C18H26N4O4S. The fraction of sp³-hybridized carbons (Fsp3) is 0.500. The minimum Gasteiger partial charge on any atom is -0.492 e. The number of carbonyl (C=O) groups is 2. The van der Waals surface area contributed by atoms with Gasteiger partial charge in [0, 0.05) is 26.1 Å². The Morgan fingerprint density at radius 2 is 2.11 bits per heavy atom. The number of hydrazine groups is 1. The van der Waals surface area contributed by atoms with Gasteiger partial charge in [0.1, 0.15) is 5.75 Å². The van der Waals surface area contributed by atoms with E-state index in [0.29, 0.717) is 24.7 Å². The molecule has 148 valence electrons. The molecule has 3 N–H and O–H groups in total. The van der Waals surface area contributed by atoms with Crippen LogP contribution in [0.25, 0.3) is 0 Å². The maximum absolute atomic E-state index is 12.4. The van der Waals surface area contributed by atoms with Crippen LogP contribution in [0, 0.1) is 5.92 Å². The summed E-state index contributed by atoms with van der Waals surface area (Å²) in [5.41, 5.74) is 5.90. The monoisotopic (exact) mass is 394 g/mol. The molecule has 2 amide bonds. The molecular weight excluding hydrogens is 368 g/mol. The number of nitrogens with one attached hydrogen (secondary N) is 3. The standard InChI is InChI=1S/C18H26N4O4S/c1-4-26-15-8-6-5-7-14(15)22-10-13(9-16(22)23)17(24)20-21-18(27)19-12(2)11-25-3/h5-8,12-13H,4,9-11H2,1-3H3,(H,20,24)(H2,19,21,27)/t12-,13+/m0/s1. The summed E-state index contributed by atoms with van der Waals surface area (Å²) in [6.07, 6.45) is 0.133. The Hall–Kier alpha value is -2.39. The number of para-hydroxylation sites is 2. The van der Waals surface area contributed by atoms with Crippen LogP contribution in [0.4, 0.5) is 5.69 Å². The molecule has 0 spiro atoms. The fourth-order valence-corrected chi connectivity index (χ4v) is 3.10. The van der Waals surface area contributed by atoms with E-state index < -0.39 is 5.92 Å². The van der Waals surface area contributed by atoms with Crippen molar-refractivity contribution < 1.29 is 19.1 Å². The number of amides is 2. The Morgan fingerprint density at radius 3 is 2.81 bits per heavy atom. The van der Waals surface area contributed by atoms with E-state index in [-0.39, 0.29) is 35.9 Å². The van der Waals surface area contributed by atoms with Gasteiger partial charge in [-0.1, -0.05) is 12.1 Å². The van der Waals surface area contributed by atoms with E-state index >= 15 is 0 Å². The summed E-state index contributed by atoms with van der Waals surface area (Å²) in [5.74, 6) is -0.246. The molecule has 0 aromatic heterocycles. The molecule has 1 saturated heterocycles. The number of thiocarbonyl (C=S) groups is 1. The summed E-state index contributed by atoms with van der Waals surface area (Å²) in [7, 11) is 1.60. The van der Waals surface area contributed by atoms with Crippen molar-refractivity contribution in [3.63, 3.8) is 0 Å². The number of rotatable bonds is 7. The highest BCUT2D eigenvalue weighted by molar-refractivity contribution is 7.80. The van der Waals surface area contributed by atoms with Gasteiger partial charge >= 0.3 is 0 Å². The third-order valence-corrected chi connectivity index (χ3v) is 4.27. The van der Waals surface area contributed by atoms with Crippen LogP contribution in [0.15, 0.2) is 24.3 Å². The third-order valence-electron chi connectivity index (χ3n) is 4.05. The largest absolute Gasteiger partial charge is 0.492 e. The van der Waals surface area contributed by atoms with E-state index in [9.17, 15) is 9.59 Å². The van der Waals surface area contributed by atoms with Crippen molar-refractivity contribution in [2.75, 3.05) is 31.8 Å². The zero-order chi connectivity index (χ0) is 19.8. The summed E-state index contributed by atoms with van der Waals surface area (Å²) in [6, 6.07) is 7.32. The molecule has 1 aliphatic heterocycles. The highest BCUT2D eigenvalue weighted by atomic mass is 32.1. The lowest BCUT2D eigenvalue weighted by atomic mass is 10.1. The Balaban J connectivity index is 1.91. The molecule has 0 radical (unpaired) electrons. The van der Waals surface area contributed by atoms with Gasteiger partial charge in [-0.3, -0.25) is 20.4 Å². The van der Waals surface area contributed by atoms with Crippen molar-refractivity contribution in [1.29, 1.82) is 0 Å². The Bertz CT molecular complexity index is 685. The van der Waals surface area contributed by atoms with E-state index in [4.69, 9.17) is 21.7 Å². The summed E-state index contributed by atoms with van der Waals surface area (Å²) < 4.78 is 10.6. The normalized spacial score (nSPS) is 17.4. The predicted octanol–water partition coefficient (Wildman–Crippen LogP) is 0.968. The number of carbonyl (C=O) groups excluding carboxylic acids is 2. The van der Waals surface area contributed by atoms with Crippen molar-refractivity contribution in [1.82, 2.24) is 16.2 Å². The van der Waals surface area contributed by atoms with Crippen molar-refractivity contribution in [3.8, 4) is 5.75 Å². The van der Waals surface area contributed by atoms with Crippen LogP contribution in [0.5, 0.6) is 5.75 Å². The van der Waals surface area contributed by atoms with Crippen molar-refractivity contribution in [2.24, 2.45) is 5.92 Å². The molecule has 0 aliphatic carbocycles. The fourth-order valence-electron chi connectivity index (χ4n) is 2.85. The molecule has 1 fully saturated rings. The number of ether oxygens (including phenoxy) is 2. The second-order valence-corrected chi connectivity index (χ2v) is 6.66. The zero-order valence-corrected chi connectivity index (χ0v) is 16.6. The number of hydrogen-bond donors (Lipinski definition) is 3. The van der Waals surface area contributed by atoms with Gasteiger partial charge in [0.05, 0.1) is 24.8 Å². The quantitative estimate of drug-likeness (QED) is 0.469. The second kappa shape index (κ2) is 10.1. The number of methoxy groups -OCH3 is 1. The lowest BCUT2D eigenvalue weighted by Crippen LogP contribution is -2.51. The SMILES string of the molecule is CCOc1ccccc1N1C[C@H](C(=O)NNC(=S)N[C@@H](C)COC)CC1=O. The molecule has 1 aliphatic rings. The van der Waals surface area contributed by atoms with Crippen molar-refractivity contribution >= 4 is 34.8 Å². The van der Waals surface area contributed by atoms with E-state index in [1.165, 1.54) is 0 Å². The van der Waals surface area contributed by atoms with Crippen LogP contribution >= 0.6 is 12.2 Å². The molecule has 1 heterocycles. The number of benzene rings is 1. The van der Waals surface area contributed by atoms with Gasteiger partial charge < -0.3 is 19.7 Å². The van der Waals surface area contributed by atoms with Gasteiger partial charge in [-0.15, -0.1) is 0 Å². The van der Waals surface area contributed by atoms with Crippen LogP contribution in [0.1, 0.15) is 20.3 Å². The molecule has 8 nitrogen and oxygen atoms in total. The molecule has 0 bridgehead atoms. The minimum absolute atomic E-state index is 0.00511. The third kappa shape index (κ3) is 5.80. The van der Waals surface area contributed by atoms with Crippen LogP contribution in [0.2, 0.25) is 0 Å². The minimum atomic E-state index is -0.473. The van der Waals surface area contributed by atoms with E-state index in [1.54, 1.807) is 12.0 Å². The second-order valence-electron chi connectivity index (χ2n) is 6.25. The van der Waals surface area contributed by atoms with Gasteiger partial charge in [0.2, 0.25) is 11.8 Å². The molecule has 1 aromatic rings. The maximum Gasteiger partial charge on any atom is 0.243 e. The van der Waals surface area contributed by atoms with Crippen molar-refractivity contribution in [3.05, 3.63) is 24.3 Å². The molecule has 2 atom stereocenters. The van der Waals surface area contributed by atoms with E-state index in [1.807, 2.05) is 38.1 Å². The average Bonchev–Trinajstić information content (AvgIpc) is 3.02. The first-order chi connectivity index (χ1) is 13.0. The van der Waals surface area contributed by atoms with E-state index in [0.717, 1.165) is 0 Å². The van der Waals surface area contributed by atoms with E-state index in [2.05, 4.69) is 16.2 Å². The highest BCUT2D eigenvalue weighted by Gasteiger charge is 2.36. The van der Waals surface area contributed by atoms with Crippen LogP contribution < -0.4 is 25.8 Å². The summed E-state index contributed by atoms with van der Waals surface area (Å²) >= 11 is 5.12. The van der Waals surface area contributed by atoms with Gasteiger partial charge in [-0.2, -0.15) is 0 Å². The first-order valence-corrected chi connectivity index (χ1v) is 9.24. The van der Waals surface area contributed by atoms with Crippen molar-refractivity contribution in [2.45, 2.75) is 26.3 Å². The highest BCUT2D eigenvalue weighted by Crippen LogP contribution is 2.32. The molecule has 1 aromatic carbocycles. The molecule has 27 heavy (non-hydrogen) atoms. The van der Waals surface area contributed by atoms with Gasteiger partial charge in [-0.25, -0.2) is 0 Å². The number of nitrogens with zero attached hydrogens (tertiary/aromatic N) is 1. The molecule has 9 heteroatoms.